The van der Waals surface area contributed by atoms with Crippen molar-refractivity contribution >= 4 is 17.4 Å². The third kappa shape index (κ3) is 4.36. The molecule has 0 atom stereocenters. The van der Waals surface area contributed by atoms with E-state index in [-0.39, 0.29) is 0 Å². The van der Waals surface area contributed by atoms with Gasteiger partial charge in [-0.1, -0.05) is 5.21 Å². The van der Waals surface area contributed by atoms with Crippen LogP contribution in [-0.4, -0.2) is 85.6 Å². The maximum atomic E-state index is 11.2. The number of nitrogens with zero attached hydrogens (tertiary/aromatic N) is 9. The molecule has 4 aromatic rings. The van der Waals surface area contributed by atoms with Gasteiger partial charge in [-0.15, -0.1) is 5.10 Å². The summed E-state index contributed by atoms with van der Waals surface area (Å²) in [5, 5.41) is 31.6. The van der Waals surface area contributed by atoms with E-state index in [1.807, 2.05) is 30.6 Å². The van der Waals surface area contributed by atoms with Crippen LogP contribution in [0.2, 0.25) is 0 Å². The van der Waals surface area contributed by atoms with Gasteiger partial charge in [-0.3, -0.25) is 0 Å². The van der Waals surface area contributed by atoms with Crippen molar-refractivity contribution < 1.29 is 14.6 Å². The van der Waals surface area contributed by atoms with Crippen LogP contribution in [0.15, 0.2) is 43.0 Å². The van der Waals surface area contributed by atoms with Crippen LogP contribution in [0.1, 0.15) is 5.56 Å². The second kappa shape index (κ2) is 9.40. The van der Waals surface area contributed by atoms with Gasteiger partial charge < -0.3 is 19.6 Å². The summed E-state index contributed by atoms with van der Waals surface area (Å²) in [6.07, 6.45) is 6.08. The van der Waals surface area contributed by atoms with Gasteiger partial charge in [-0.05, 0) is 18.2 Å². The van der Waals surface area contributed by atoms with Gasteiger partial charge in [0.1, 0.15) is 17.6 Å². The number of carboxylic acid groups (broad SMARTS) is 1. The summed E-state index contributed by atoms with van der Waals surface area (Å²) in [6, 6.07) is 8.04. The normalized spacial score (nSPS) is 13.8. The highest BCUT2D eigenvalue weighted by Gasteiger charge is 2.21. The molecule has 178 valence electrons. The summed E-state index contributed by atoms with van der Waals surface area (Å²) < 4.78 is 8.50. The minimum atomic E-state index is -0.898. The van der Waals surface area contributed by atoms with Crippen molar-refractivity contribution in [2.75, 3.05) is 44.8 Å². The lowest BCUT2D eigenvalue weighted by atomic mass is 10.0. The van der Waals surface area contributed by atoms with Crippen LogP contribution in [0.5, 0.6) is 0 Å². The first-order valence-corrected chi connectivity index (χ1v) is 11.1. The van der Waals surface area contributed by atoms with Crippen LogP contribution < -0.4 is 4.90 Å². The average Bonchev–Trinajstić information content (AvgIpc) is 3.54. The monoisotopic (exact) mass is 473 g/mol. The Hall–Kier alpha value is -4.50. The Morgan fingerprint density at radius 1 is 1.17 bits per heavy atom. The van der Waals surface area contributed by atoms with E-state index in [0.29, 0.717) is 56.1 Å². The van der Waals surface area contributed by atoms with E-state index in [0.717, 1.165) is 22.5 Å². The fraction of sp³-hybridized carbons (Fsp3) is 0.304. The number of hydrogen-bond donors (Lipinski definition) is 1. The number of hydrogen-bond acceptors (Lipinski definition) is 8. The smallest absolute Gasteiger partial charge is 0.407 e. The summed E-state index contributed by atoms with van der Waals surface area (Å²) >= 11 is 0. The highest BCUT2D eigenvalue weighted by Crippen LogP contribution is 2.31. The minimum Gasteiger partial charge on any atom is -0.465 e. The number of carbonyl (C=O) groups is 1. The van der Waals surface area contributed by atoms with Crippen molar-refractivity contribution in [3.8, 4) is 28.5 Å². The average molecular weight is 473 g/mol. The number of ether oxygens (including phenoxy) is 1. The molecule has 0 saturated carbocycles. The van der Waals surface area contributed by atoms with Crippen molar-refractivity contribution in [3.63, 3.8) is 0 Å². The molecule has 1 saturated heterocycles. The maximum Gasteiger partial charge on any atom is 0.407 e. The minimum absolute atomic E-state index is 0.438. The van der Waals surface area contributed by atoms with Gasteiger partial charge >= 0.3 is 6.09 Å². The first kappa shape index (κ1) is 22.3. The van der Waals surface area contributed by atoms with Crippen molar-refractivity contribution in [2.45, 2.75) is 6.54 Å². The second-order valence-corrected chi connectivity index (χ2v) is 8.13. The summed E-state index contributed by atoms with van der Waals surface area (Å²) in [4.78, 5) is 19.3. The van der Waals surface area contributed by atoms with Crippen LogP contribution in [-0.2, 0) is 11.3 Å². The quantitative estimate of drug-likeness (QED) is 0.445. The molecule has 12 nitrogen and oxygen atoms in total. The summed E-state index contributed by atoms with van der Waals surface area (Å²) in [5.41, 5.74) is 4.26. The molecule has 1 fully saturated rings. The predicted octanol–water partition coefficient (Wildman–Crippen LogP) is 1.97. The van der Waals surface area contributed by atoms with E-state index in [2.05, 4.69) is 31.4 Å². The fourth-order valence-electron chi connectivity index (χ4n) is 4.15. The molecule has 0 aliphatic carbocycles. The lowest BCUT2D eigenvalue weighted by Gasteiger charge is -2.33. The third-order valence-corrected chi connectivity index (χ3v) is 6.02. The van der Waals surface area contributed by atoms with E-state index in [1.165, 1.54) is 4.90 Å². The Morgan fingerprint density at radius 2 is 2.00 bits per heavy atom. The molecule has 1 N–H and O–H groups in total. The Balaban J connectivity index is 1.48. The van der Waals surface area contributed by atoms with Crippen LogP contribution in [0, 0.1) is 11.3 Å². The van der Waals surface area contributed by atoms with Gasteiger partial charge in [0, 0.05) is 62.4 Å². The predicted molar refractivity (Wildman–Crippen MR) is 126 cm³/mol. The number of methoxy groups -OCH3 is 1. The van der Waals surface area contributed by atoms with Gasteiger partial charge in [0.25, 0.3) is 0 Å². The van der Waals surface area contributed by atoms with Crippen molar-refractivity contribution in [2.24, 2.45) is 0 Å². The Morgan fingerprint density at radius 3 is 2.69 bits per heavy atom. The molecule has 35 heavy (non-hydrogen) atoms. The van der Waals surface area contributed by atoms with Crippen molar-refractivity contribution in [3.05, 3.63) is 48.5 Å². The molecule has 0 aromatic carbocycles. The molecule has 0 radical (unpaired) electrons. The summed E-state index contributed by atoms with van der Waals surface area (Å²) in [5.74, 6) is 0.779. The number of aromatic nitrogens is 6. The van der Waals surface area contributed by atoms with E-state index >= 15 is 0 Å². The molecular weight excluding hydrogens is 450 g/mol. The fourth-order valence-corrected chi connectivity index (χ4v) is 4.15. The van der Waals surface area contributed by atoms with Gasteiger partial charge in [0.05, 0.1) is 36.6 Å². The zero-order valence-corrected chi connectivity index (χ0v) is 19.1. The van der Waals surface area contributed by atoms with Crippen LogP contribution in [0.25, 0.3) is 27.9 Å². The van der Waals surface area contributed by atoms with Crippen LogP contribution in [0.4, 0.5) is 10.6 Å². The van der Waals surface area contributed by atoms with Crippen molar-refractivity contribution in [1.82, 2.24) is 34.5 Å². The molecule has 12 heteroatoms. The lowest BCUT2D eigenvalue weighted by Crippen LogP contribution is -2.48. The Bertz CT molecular complexity index is 1400. The molecule has 5 rings (SSSR count). The van der Waals surface area contributed by atoms with Gasteiger partial charge in [-0.25, -0.2) is 19.0 Å². The SMILES string of the molecule is COCCn1cc(-c2cc(-c3ccc(N4CCN(C(=O)O)CC4)nc3)c3c(C#N)cnn3c2)nn1. The summed E-state index contributed by atoms with van der Waals surface area (Å²) in [6.45, 7) is 3.16. The zero-order valence-electron chi connectivity index (χ0n) is 19.1. The molecule has 1 aliphatic rings. The number of amides is 1. The van der Waals surface area contributed by atoms with E-state index in [9.17, 15) is 10.1 Å². The number of fused-ring (bicyclic) bond motifs is 1. The number of pyridine rings is 2. The molecule has 4 aromatic heterocycles. The molecular formula is C23H23N9O3. The van der Waals surface area contributed by atoms with Gasteiger partial charge in [-0.2, -0.15) is 10.4 Å². The van der Waals surface area contributed by atoms with Crippen LogP contribution in [0.3, 0.4) is 0 Å². The Labute approximate surface area is 200 Å². The Kier molecular flexibility index (Phi) is 5.99. The number of rotatable bonds is 6. The number of nitriles is 1. The van der Waals surface area contributed by atoms with E-state index in [4.69, 9.17) is 9.84 Å². The van der Waals surface area contributed by atoms with Gasteiger partial charge in [0.15, 0.2) is 0 Å². The second-order valence-electron chi connectivity index (χ2n) is 8.13. The maximum absolute atomic E-state index is 11.2. The van der Waals surface area contributed by atoms with Gasteiger partial charge in [0.2, 0.25) is 0 Å². The topological polar surface area (TPSA) is 138 Å². The molecule has 0 spiro atoms. The van der Waals surface area contributed by atoms with E-state index < -0.39 is 6.09 Å². The molecule has 1 amide bonds. The lowest BCUT2D eigenvalue weighted by molar-refractivity contribution is 0.142. The number of piperazine rings is 1. The van der Waals surface area contributed by atoms with E-state index in [1.54, 1.807) is 28.7 Å². The third-order valence-electron chi connectivity index (χ3n) is 6.02. The molecule has 0 unspecified atom stereocenters. The molecule has 1 aliphatic heterocycles. The largest absolute Gasteiger partial charge is 0.465 e. The first-order valence-electron chi connectivity index (χ1n) is 11.1. The molecule has 5 heterocycles. The zero-order chi connectivity index (χ0) is 24.4. The summed E-state index contributed by atoms with van der Waals surface area (Å²) in [7, 11) is 1.64. The van der Waals surface area contributed by atoms with Crippen molar-refractivity contribution in [1.29, 1.82) is 5.26 Å². The molecule has 0 bridgehead atoms. The highest BCUT2D eigenvalue weighted by atomic mass is 16.5. The first-order chi connectivity index (χ1) is 17.1. The van der Waals surface area contributed by atoms with Crippen LogP contribution >= 0.6 is 0 Å². The number of anilines is 1. The standard InChI is InChI=1S/C23H23N9O3/c1-35-9-8-31-15-20(27-28-31)17-10-19(22-18(11-24)13-26-32(22)14-17)16-2-3-21(25-12-16)29-4-6-30(7-5-29)23(33)34/h2-3,10,12-15H,4-9H2,1H3,(H,33,34). The highest BCUT2D eigenvalue weighted by molar-refractivity contribution is 5.87.